The first kappa shape index (κ1) is 10.1. The van der Waals surface area contributed by atoms with Gasteiger partial charge in [0, 0.05) is 11.1 Å². The lowest BCUT2D eigenvalue weighted by Gasteiger charge is -2.14. The highest BCUT2D eigenvalue weighted by atomic mass is 16.5. The molecule has 1 heterocycles. The molecule has 0 atom stereocenters. The molecule has 4 heteroatoms. The van der Waals surface area contributed by atoms with Gasteiger partial charge in [-0.3, -0.25) is 0 Å². The summed E-state index contributed by atoms with van der Waals surface area (Å²) in [5, 5.41) is 12.6. The molecule has 17 heavy (non-hydrogen) atoms. The largest absolute Gasteiger partial charge is 0.476 e. The van der Waals surface area contributed by atoms with Crippen molar-refractivity contribution in [3.63, 3.8) is 0 Å². The van der Waals surface area contributed by atoms with Crippen LogP contribution in [0.2, 0.25) is 0 Å². The highest BCUT2D eigenvalue weighted by Crippen LogP contribution is 2.35. The predicted octanol–water partition coefficient (Wildman–Crippen LogP) is 2.45. The zero-order valence-corrected chi connectivity index (χ0v) is 9.36. The Morgan fingerprint density at radius 2 is 2.24 bits per heavy atom. The molecule has 1 aromatic carbocycles. The van der Waals surface area contributed by atoms with Crippen molar-refractivity contribution in [2.45, 2.75) is 19.8 Å². The van der Waals surface area contributed by atoms with Crippen molar-refractivity contribution in [2.24, 2.45) is 0 Å². The van der Waals surface area contributed by atoms with E-state index in [4.69, 9.17) is 9.63 Å². The summed E-state index contributed by atoms with van der Waals surface area (Å²) in [5.74, 6) is -0.408. The Hall–Kier alpha value is -2.10. The van der Waals surface area contributed by atoms with Crippen molar-refractivity contribution in [1.82, 2.24) is 5.16 Å². The summed E-state index contributed by atoms with van der Waals surface area (Å²) in [6.45, 7) is 2.04. The number of hydrogen-bond donors (Lipinski definition) is 1. The highest BCUT2D eigenvalue weighted by Gasteiger charge is 2.27. The second-order valence-electron chi connectivity index (χ2n) is 4.30. The molecule has 0 spiro atoms. The molecule has 1 aliphatic carbocycles. The number of fused-ring (bicyclic) bond motifs is 3. The fourth-order valence-corrected chi connectivity index (χ4v) is 2.33. The average Bonchev–Trinajstić information content (AvgIpc) is 2.72. The second-order valence-corrected chi connectivity index (χ2v) is 4.30. The normalized spacial score (nSPS) is 13.0. The fraction of sp³-hybridized carbons (Fsp3) is 0.231. The SMILES string of the molecule is Cc1ccc2c(c1)CCc1c(C(=O)O)noc1-2. The van der Waals surface area contributed by atoms with Gasteiger partial charge in [-0.05, 0) is 25.3 Å². The summed E-state index contributed by atoms with van der Waals surface area (Å²) < 4.78 is 5.18. The van der Waals surface area contributed by atoms with E-state index in [1.165, 1.54) is 11.1 Å². The average molecular weight is 229 g/mol. The van der Waals surface area contributed by atoms with E-state index in [0.29, 0.717) is 17.7 Å². The smallest absolute Gasteiger partial charge is 0.358 e. The van der Waals surface area contributed by atoms with E-state index in [2.05, 4.69) is 11.2 Å². The number of carboxylic acids is 1. The minimum absolute atomic E-state index is 0.0474. The van der Waals surface area contributed by atoms with Gasteiger partial charge >= 0.3 is 5.97 Å². The van der Waals surface area contributed by atoms with Gasteiger partial charge in [0.05, 0.1) is 0 Å². The van der Waals surface area contributed by atoms with Crippen molar-refractivity contribution in [1.29, 1.82) is 0 Å². The molecular weight excluding hydrogens is 218 g/mol. The van der Waals surface area contributed by atoms with Gasteiger partial charge in [-0.2, -0.15) is 0 Å². The van der Waals surface area contributed by atoms with Crippen LogP contribution in [0.1, 0.15) is 27.2 Å². The fourth-order valence-electron chi connectivity index (χ4n) is 2.33. The third kappa shape index (κ3) is 1.45. The van der Waals surface area contributed by atoms with E-state index in [1.54, 1.807) is 0 Å². The van der Waals surface area contributed by atoms with Crippen molar-refractivity contribution < 1.29 is 14.4 Å². The molecule has 0 fully saturated rings. The molecule has 0 radical (unpaired) electrons. The summed E-state index contributed by atoms with van der Waals surface area (Å²) >= 11 is 0. The monoisotopic (exact) mass is 229 g/mol. The molecule has 3 rings (SSSR count). The number of nitrogens with zero attached hydrogens (tertiary/aromatic N) is 1. The van der Waals surface area contributed by atoms with Gasteiger partial charge < -0.3 is 9.63 Å². The van der Waals surface area contributed by atoms with Gasteiger partial charge in [-0.1, -0.05) is 28.9 Å². The molecule has 1 aliphatic rings. The number of aryl methyl sites for hydroxylation is 2. The molecule has 1 aromatic heterocycles. The lowest BCUT2D eigenvalue weighted by molar-refractivity contribution is 0.0685. The summed E-state index contributed by atoms with van der Waals surface area (Å²) in [4.78, 5) is 11.0. The standard InChI is InChI=1S/C13H11NO3/c1-7-2-4-9-8(6-7)3-5-10-11(13(15)16)14-17-12(9)10/h2,4,6H,3,5H2,1H3,(H,15,16). The number of aromatic nitrogens is 1. The summed E-state index contributed by atoms with van der Waals surface area (Å²) in [5.41, 5.74) is 4.13. The Kier molecular flexibility index (Phi) is 2.04. The molecule has 1 N–H and O–H groups in total. The van der Waals surface area contributed by atoms with Gasteiger partial charge in [0.1, 0.15) is 0 Å². The van der Waals surface area contributed by atoms with E-state index in [1.807, 2.05) is 19.1 Å². The minimum Gasteiger partial charge on any atom is -0.476 e. The van der Waals surface area contributed by atoms with E-state index >= 15 is 0 Å². The minimum atomic E-state index is -1.02. The van der Waals surface area contributed by atoms with E-state index in [9.17, 15) is 4.79 Å². The maximum atomic E-state index is 11.0. The van der Waals surface area contributed by atoms with Crippen LogP contribution >= 0.6 is 0 Å². The maximum absolute atomic E-state index is 11.0. The quantitative estimate of drug-likeness (QED) is 0.815. The van der Waals surface area contributed by atoms with Gasteiger partial charge in [-0.15, -0.1) is 0 Å². The zero-order chi connectivity index (χ0) is 12.0. The third-order valence-corrected chi connectivity index (χ3v) is 3.14. The van der Waals surface area contributed by atoms with Crippen molar-refractivity contribution in [2.75, 3.05) is 0 Å². The maximum Gasteiger partial charge on any atom is 0.358 e. The van der Waals surface area contributed by atoms with Crippen LogP contribution in [0.3, 0.4) is 0 Å². The number of rotatable bonds is 1. The van der Waals surface area contributed by atoms with Gasteiger partial charge in [0.15, 0.2) is 11.5 Å². The van der Waals surface area contributed by atoms with Gasteiger partial charge in [0.2, 0.25) is 0 Å². The Labute approximate surface area is 97.9 Å². The Bertz CT molecular complexity index is 613. The Morgan fingerprint density at radius 3 is 3.00 bits per heavy atom. The van der Waals surface area contributed by atoms with Crippen LogP contribution in [0.15, 0.2) is 22.7 Å². The highest BCUT2D eigenvalue weighted by molar-refractivity contribution is 5.89. The van der Waals surface area contributed by atoms with Crippen LogP contribution in [0.5, 0.6) is 0 Å². The molecule has 2 aromatic rings. The molecule has 4 nitrogen and oxygen atoms in total. The molecule has 0 unspecified atom stereocenters. The number of hydrogen-bond acceptors (Lipinski definition) is 3. The number of carboxylic acid groups (broad SMARTS) is 1. The molecule has 0 aliphatic heterocycles. The Morgan fingerprint density at radius 1 is 1.41 bits per heavy atom. The molecule has 86 valence electrons. The number of benzene rings is 1. The zero-order valence-electron chi connectivity index (χ0n) is 9.36. The first-order chi connectivity index (χ1) is 8.16. The lowest BCUT2D eigenvalue weighted by atomic mass is 9.88. The topological polar surface area (TPSA) is 63.3 Å². The van der Waals surface area contributed by atoms with Crippen LogP contribution in [-0.2, 0) is 12.8 Å². The van der Waals surface area contributed by atoms with Gasteiger partial charge in [0.25, 0.3) is 0 Å². The Balaban J connectivity index is 2.21. The van der Waals surface area contributed by atoms with Crippen molar-refractivity contribution in [3.05, 3.63) is 40.6 Å². The molecule has 0 saturated carbocycles. The van der Waals surface area contributed by atoms with Crippen LogP contribution in [0.25, 0.3) is 11.3 Å². The summed E-state index contributed by atoms with van der Waals surface area (Å²) in [7, 11) is 0. The number of carbonyl (C=O) groups is 1. The molecular formula is C13H11NO3. The molecule has 0 saturated heterocycles. The first-order valence-corrected chi connectivity index (χ1v) is 5.48. The number of aromatic carboxylic acids is 1. The second kappa shape index (κ2) is 3.45. The van der Waals surface area contributed by atoms with E-state index in [0.717, 1.165) is 12.0 Å². The van der Waals surface area contributed by atoms with Gasteiger partial charge in [-0.25, -0.2) is 4.79 Å². The predicted molar refractivity (Wildman–Crippen MR) is 61.0 cm³/mol. The van der Waals surface area contributed by atoms with Crippen LogP contribution in [0, 0.1) is 6.92 Å². The van der Waals surface area contributed by atoms with E-state index < -0.39 is 5.97 Å². The van der Waals surface area contributed by atoms with Crippen LogP contribution in [0.4, 0.5) is 0 Å². The molecule has 0 amide bonds. The van der Waals surface area contributed by atoms with Crippen molar-refractivity contribution in [3.8, 4) is 11.3 Å². The third-order valence-electron chi connectivity index (χ3n) is 3.14. The lowest BCUT2D eigenvalue weighted by Crippen LogP contribution is -2.07. The first-order valence-electron chi connectivity index (χ1n) is 5.48. The van der Waals surface area contributed by atoms with Crippen molar-refractivity contribution >= 4 is 5.97 Å². The van der Waals surface area contributed by atoms with Crippen LogP contribution < -0.4 is 0 Å². The van der Waals surface area contributed by atoms with Crippen LogP contribution in [-0.4, -0.2) is 16.2 Å². The molecule has 0 bridgehead atoms. The van der Waals surface area contributed by atoms with E-state index in [-0.39, 0.29) is 5.69 Å². The summed E-state index contributed by atoms with van der Waals surface area (Å²) in [6, 6.07) is 6.08. The summed E-state index contributed by atoms with van der Waals surface area (Å²) in [6.07, 6.45) is 1.52.